The number of aryl methyl sites for hydroxylation is 2. The van der Waals surface area contributed by atoms with E-state index in [9.17, 15) is 13.2 Å². The second-order valence-corrected chi connectivity index (χ2v) is 6.13. The minimum Gasteiger partial charge on any atom is -0.363 e. The zero-order valence-corrected chi connectivity index (χ0v) is 14.1. The Hall–Kier alpha value is -2.63. The van der Waals surface area contributed by atoms with Crippen molar-refractivity contribution in [2.45, 2.75) is 33.0 Å². The molecule has 3 rings (SSSR count). The lowest BCUT2D eigenvalue weighted by molar-refractivity contribution is -0.137. The number of aromatic nitrogens is 2. The summed E-state index contributed by atoms with van der Waals surface area (Å²) in [4.78, 5) is 8.84. The molecule has 25 heavy (non-hydrogen) atoms. The molecule has 0 unspecified atom stereocenters. The Morgan fingerprint density at radius 2 is 1.76 bits per heavy atom. The molecule has 0 aliphatic rings. The number of halogens is 3. The van der Waals surface area contributed by atoms with Crippen LogP contribution in [0.4, 0.5) is 19.0 Å². The van der Waals surface area contributed by atoms with E-state index in [-0.39, 0.29) is 6.04 Å². The maximum absolute atomic E-state index is 12.9. The molecule has 2 aromatic carbocycles. The highest BCUT2D eigenvalue weighted by atomic mass is 19.4. The predicted molar refractivity (Wildman–Crippen MR) is 92.5 cm³/mol. The smallest absolute Gasteiger partial charge is 0.363 e. The van der Waals surface area contributed by atoms with Crippen LogP contribution in [-0.2, 0) is 6.18 Å². The summed E-state index contributed by atoms with van der Waals surface area (Å²) in [5.41, 5.74) is 1.76. The van der Waals surface area contributed by atoms with E-state index in [1.165, 1.54) is 12.1 Å². The number of benzene rings is 2. The van der Waals surface area contributed by atoms with Crippen molar-refractivity contribution in [1.29, 1.82) is 0 Å². The summed E-state index contributed by atoms with van der Waals surface area (Å²) in [5.74, 6) is 1.23. The van der Waals surface area contributed by atoms with Crippen LogP contribution in [0, 0.1) is 13.8 Å². The van der Waals surface area contributed by atoms with Crippen LogP contribution in [0.5, 0.6) is 0 Å². The lowest BCUT2D eigenvalue weighted by atomic mass is 10.0. The summed E-state index contributed by atoms with van der Waals surface area (Å²) < 4.78 is 38.8. The quantitative estimate of drug-likeness (QED) is 0.687. The Kier molecular flexibility index (Phi) is 4.37. The van der Waals surface area contributed by atoms with Crippen LogP contribution in [0.3, 0.4) is 0 Å². The fourth-order valence-electron chi connectivity index (χ4n) is 2.74. The third-order valence-electron chi connectivity index (χ3n) is 4.03. The number of rotatable bonds is 3. The molecule has 0 saturated carbocycles. The fourth-order valence-corrected chi connectivity index (χ4v) is 2.74. The Balaban J connectivity index is 1.97. The molecule has 0 aliphatic heterocycles. The standard InChI is InChI=1S/C19H18F3N3/c1-11-7-8-17-16(9-11)18(25-13(3)24-17)23-12(2)14-5-4-6-15(10-14)19(20,21)22/h4-10,12H,1-3H3,(H,23,24,25)/t12-/m1/s1. The SMILES string of the molecule is Cc1ccc2nc(C)nc(N[C@H](C)c3cccc(C(F)(F)F)c3)c2c1. The van der Waals surface area contributed by atoms with E-state index in [0.29, 0.717) is 17.2 Å². The summed E-state index contributed by atoms with van der Waals surface area (Å²) in [6.07, 6.45) is -4.36. The zero-order valence-electron chi connectivity index (χ0n) is 14.1. The normalized spacial score (nSPS) is 13.0. The zero-order chi connectivity index (χ0) is 18.2. The maximum atomic E-state index is 12.9. The Bertz CT molecular complexity index is 919. The van der Waals surface area contributed by atoms with Gasteiger partial charge in [0.1, 0.15) is 11.6 Å². The maximum Gasteiger partial charge on any atom is 0.416 e. The van der Waals surface area contributed by atoms with E-state index in [1.54, 1.807) is 13.0 Å². The van der Waals surface area contributed by atoms with Gasteiger partial charge in [0.25, 0.3) is 0 Å². The van der Waals surface area contributed by atoms with E-state index in [2.05, 4.69) is 15.3 Å². The van der Waals surface area contributed by atoms with Crippen LogP contribution in [0.2, 0.25) is 0 Å². The number of alkyl halides is 3. The van der Waals surface area contributed by atoms with Gasteiger partial charge in [-0.15, -0.1) is 0 Å². The molecule has 0 aliphatic carbocycles. The molecule has 1 heterocycles. The Labute approximate surface area is 143 Å². The Morgan fingerprint density at radius 3 is 2.48 bits per heavy atom. The summed E-state index contributed by atoms with van der Waals surface area (Å²) in [7, 11) is 0. The molecule has 3 nitrogen and oxygen atoms in total. The number of nitrogens with one attached hydrogen (secondary N) is 1. The first-order chi connectivity index (χ1) is 11.7. The predicted octanol–water partition coefficient (Wildman–Crippen LogP) is 5.44. The third-order valence-corrected chi connectivity index (χ3v) is 4.03. The van der Waals surface area contributed by atoms with Gasteiger partial charge < -0.3 is 5.32 Å². The molecular formula is C19H18F3N3. The number of hydrogen-bond acceptors (Lipinski definition) is 3. The monoisotopic (exact) mass is 345 g/mol. The highest BCUT2D eigenvalue weighted by Gasteiger charge is 2.30. The molecule has 1 aromatic heterocycles. The molecule has 0 spiro atoms. The van der Waals surface area contributed by atoms with Gasteiger partial charge in [0.05, 0.1) is 11.1 Å². The molecule has 6 heteroatoms. The van der Waals surface area contributed by atoms with Gasteiger partial charge >= 0.3 is 6.18 Å². The number of hydrogen-bond donors (Lipinski definition) is 1. The lowest BCUT2D eigenvalue weighted by Crippen LogP contribution is -2.11. The number of anilines is 1. The molecular weight excluding hydrogens is 327 g/mol. The van der Waals surface area contributed by atoms with Crippen LogP contribution >= 0.6 is 0 Å². The second kappa shape index (κ2) is 6.35. The van der Waals surface area contributed by atoms with Crippen molar-refractivity contribution < 1.29 is 13.2 Å². The van der Waals surface area contributed by atoms with E-state index < -0.39 is 11.7 Å². The molecule has 1 N–H and O–H groups in total. The van der Waals surface area contributed by atoms with E-state index in [4.69, 9.17) is 0 Å². The first-order valence-corrected chi connectivity index (χ1v) is 7.93. The van der Waals surface area contributed by atoms with Crippen LogP contribution in [-0.4, -0.2) is 9.97 Å². The van der Waals surface area contributed by atoms with Gasteiger partial charge in [-0.25, -0.2) is 9.97 Å². The van der Waals surface area contributed by atoms with Gasteiger partial charge in [0.2, 0.25) is 0 Å². The van der Waals surface area contributed by atoms with Gasteiger partial charge in [0, 0.05) is 11.4 Å². The van der Waals surface area contributed by atoms with Crippen molar-refractivity contribution in [3.05, 3.63) is 65.0 Å². The third kappa shape index (κ3) is 3.73. The highest BCUT2D eigenvalue weighted by molar-refractivity contribution is 5.89. The Morgan fingerprint density at radius 1 is 1.00 bits per heavy atom. The van der Waals surface area contributed by atoms with Crippen molar-refractivity contribution in [3.63, 3.8) is 0 Å². The first-order valence-electron chi connectivity index (χ1n) is 7.93. The number of nitrogens with zero attached hydrogens (tertiary/aromatic N) is 2. The van der Waals surface area contributed by atoms with Gasteiger partial charge in [-0.05, 0) is 50.6 Å². The molecule has 0 radical (unpaired) electrons. The average Bonchev–Trinajstić information content (AvgIpc) is 2.55. The van der Waals surface area contributed by atoms with Crippen molar-refractivity contribution in [3.8, 4) is 0 Å². The molecule has 0 fully saturated rings. The van der Waals surface area contributed by atoms with Gasteiger partial charge in [-0.2, -0.15) is 13.2 Å². The average molecular weight is 345 g/mol. The topological polar surface area (TPSA) is 37.8 Å². The molecule has 130 valence electrons. The highest BCUT2D eigenvalue weighted by Crippen LogP contribution is 2.32. The minimum atomic E-state index is -4.36. The van der Waals surface area contributed by atoms with Crippen molar-refractivity contribution in [2.24, 2.45) is 0 Å². The largest absolute Gasteiger partial charge is 0.416 e. The summed E-state index contributed by atoms with van der Waals surface area (Å²) in [5, 5.41) is 4.08. The lowest BCUT2D eigenvalue weighted by Gasteiger charge is -2.18. The van der Waals surface area contributed by atoms with E-state index in [1.807, 2.05) is 32.0 Å². The van der Waals surface area contributed by atoms with Crippen LogP contribution in [0.15, 0.2) is 42.5 Å². The van der Waals surface area contributed by atoms with Gasteiger partial charge in [-0.1, -0.05) is 23.8 Å². The molecule has 0 saturated heterocycles. The van der Waals surface area contributed by atoms with Crippen LogP contribution in [0.1, 0.15) is 35.5 Å². The van der Waals surface area contributed by atoms with Crippen molar-refractivity contribution >= 4 is 16.7 Å². The van der Waals surface area contributed by atoms with Crippen molar-refractivity contribution in [1.82, 2.24) is 9.97 Å². The number of fused-ring (bicyclic) bond motifs is 1. The molecule has 0 amide bonds. The van der Waals surface area contributed by atoms with E-state index >= 15 is 0 Å². The van der Waals surface area contributed by atoms with E-state index in [0.717, 1.165) is 22.5 Å². The first kappa shape index (κ1) is 17.2. The van der Waals surface area contributed by atoms with Gasteiger partial charge in [0.15, 0.2) is 0 Å². The van der Waals surface area contributed by atoms with Gasteiger partial charge in [-0.3, -0.25) is 0 Å². The van der Waals surface area contributed by atoms with Crippen LogP contribution < -0.4 is 5.32 Å². The summed E-state index contributed by atoms with van der Waals surface area (Å²) in [6, 6.07) is 10.9. The molecule has 3 aromatic rings. The molecule has 1 atom stereocenters. The summed E-state index contributed by atoms with van der Waals surface area (Å²) >= 11 is 0. The molecule has 0 bridgehead atoms. The van der Waals surface area contributed by atoms with Crippen molar-refractivity contribution in [2.75, 3.05) is 5.32 Å². The summed E-state index contributed by atoms with van der Waals surface area (Å²) in [6.45, 7) is 5.58. The fraction of sp³-hybridized carbons (Fsp3) is 0.263. The minimum absolute atomic E-state index is 0.333. The van der Waals surface area contributed by atoms with Crippen LogP contribution in [0.25, 0.3) is 10.9 Å². The second-order valence-electron chi connectivity index (χ2n) is 6.13.